The lowest BCUT2D eigenvalue weighted by Crippen LogP contribution is -2.40. The van der Waals surface area contributed by atoms with E-state index in [9.17, 15) is 9.18 Å². The van der Waals surface area contributed by atoms with Crippen molar-refractivity contribution in [3.8, 4) is 0 Å². The van der Waals surface area contributed by atoms with Gasteiger partial charge >= 0.3 is 0 Å². The number of nitrogens with zero attached hydrogens (tertiary/aromatic N) is 1. The van der Waals surface area contributed by atoms with Crippen LogP contribution in [0.2, 0.25) is 10.0 Å². The number of carbonyl (C=O) groups excluding carboxylic acids is 1. The topological polar surface area (TPSA) is 32.3 Å². The second kappa shape index (κ2) is 8.85. The van der Waals surface area contributed by atoms with Crippen LogP contribution in [0.15, 0.2) is 42.5 Å². The molecule has 1 aliphatic rings. The maximum Gasteiger partial charge on any atom is 0.223 e. The lowest BCUT2D eigenvalue weighted by Gasteiger charge is -2.31. The molecule has 138 valence electrons. The van der Waals surface area contributed by atoms with Crippen LogP contribution in [0.1, 0.15) is 24.0 Å². The number of piperidine rings is 1. The van der Waals surface area contributed by atoms with Crippen LogP contribution in [0.4, 0.5) is 4.39 Å². The van der Waals surface area contributed by atoms with Gasteiger partial charge in [0, 0.05) is 34.6 Å². The Hall–Kier alpha value is -1.62. The summed E-state index contributed by atoms with van der Waals surface area (Å²) in [5.74, 6) is -0.210. The van der Waals surface area contributed by atoms with Crippen LogP contribution in [0.25, 0.3) is 0 Å². The van der Waals surface area contributed by atoms with E-state index in [-0.39, 0.29) is 17.6 Å². The molecule has 6 heteroatoms. The van der Waals surface area contributed by atoms with Crippen molar-refractivity contribution >= 4 is 29.1 Å². The van der Waals surface area contributed by atoms with Gasteiger partial charge in [-0.3, -0.25) is 9.69 Å². The Balaban J connectivity index is 1.47. The van der Waals surface area contributed by atoms with E-state index in [2.05, 4.69) is 10.2 Å². The highest BCUT2D eigenvalue weighted by Crippen LogP contribution is 2.24. The molecule has 2 aromatic rings. The number of hydrogen-bond donors (Lipinski definition) is 1. The van der Waals surface area contributed by atoms with Crippen LogP contribution in [-0.2, 0) is 17.9 Å². The number of benzene rings is 2. The highest BCUT2D eigenvalue weighted by atomic mass is 35.5. The SMILES string of the molecule is O=C(NCc1ccc(Cl)cc1)C1CCN(Cc2c(F)cccc2Cl)CC1. The minimum atomic E-state index is -0.277. The number of likely N-dealkylation sites (tertiary alicyclic amines) is 1. The van der Waals surface area contributed by atoms with Gasteiger partial charge in [0.05, 0.1) is 0 Å². The average molecular weight is 395 g/mol. The van der Waals surface area contributed by atoms with Gasteiger partial charge in [-0.2, -0.15) is 0 Å². The summed E-state index contributed by atoms with van der Waals surface area (Å²) in [4.78, 5) is 14.5. The molecule has 1 saturated heterocycles. The van der Waals surface area contributed by atoms with Crippen LogP contribution in [0, 0.1) is 11.7 Å². The zero-order valence-corrected chi connectivity index (χ0v) is 15.9. The predicted octanol–water partition coefficient (Wildman–Crippen LogP) is 4.66. The summed E-state index contributed by atoms with van der Waals surface area (Å²) in [5, 5.41) is 4.12. The number of nitrogens with one attached hydrogen (secondary N) is 1. The van der Waals surface area contributed by atoms with Crippen molar-refractivity contribution in [2.24, 2.45) is 5.92 Å². The molecular formula is C20H21Cl2FN2O. The standard InChI is InChI=1S/C20H21Cl2FN2O/c21-16-6-4-14(5-7-16)12-24-20(26)15-8-10-25(11-9-15)13-17-18(22)2-1-3-19(17)23/h1-7,15H,8-13H2,(H,24,26). The van der Waals surface area contributed by atoms with Crippen molar-refractivity contribution in [1.82, 2.24) is 10.2 Å². The van der Waals surface area contributed by atoms with Crippen LogP contribution in [-0.4, -0.2) is 23.9 Å². The van der Waals surface area contributed by atoms with Crippen LogP contribution in [0.5, 0.6) is 0 Å². The van der Waals surface area contributed by atoms with Gasteiger partial charge in [-0.25, -0.2) is 4.39 Å². The van der Waals surface area contributed by atoms with Crippen molar-refractivity contribution in [2.75, 3.05) is 13.1 Å². The lowest BCUT2D eigenvalue weighted by atomic mass is 9.95. The van der Waals surface area contributed by atoms with Gasteiger partial charge in [-0.05, 0) is 55.8 Å². The second-order valence-corrected chi connectivity index (χ2v) is 7.44. The van der Waals surface area contributed by atoms with Crippen molar-refractivity contribution in [1.29, 1.82) is 0 Å². The highest BCUT2D eigenvalue weighted by Gasteiger charge is 2.25. The summed E-state index contributed by atoms with van der Waals surface area (Å²) in [6.45, 7) is 2.49. The van der Waals surface area contributed by atoms with Crippen LogP contribution >= 0.6 is 23.2 Å². The lowest BCUT2D eigenvalue weighted by molar-refractivity contribution is -0.126. The normalized spacial score (nSPS) is 15.8. The van der Waals surface area contributed by atoms with Crippen molar-refractivity contribution in [2.45, 2.75) is 25.9 Å². The molecule has 0 aromatic heterocycles. The zero-order chi connectivity index (χ0) is 18.5. The highest BCUT2D eigenvalue weighted by molar-refractivity contribution is 6.31. The number of hydrogen-bond acceptors (Lipinski definition) is 2. The number of halogens is 3. The quantitative estimate of drug-likeness (QED) is 0.799. The third-order valence-corrected chi connectivity index (χ3v) is 5.39. The summed E-state index contributed by atoms with van der Waals surface area (Å²) < 4.78 is 13.9. The summed E-state index contributed by atoms with van der Waals surface area (Å²) >= 11 is 12.0. The first-order valence-corrected chi connectivity index (χ1v) is 9.46. The first kappa shape index (κ1) is 19.2. The van der Waals surface area contributed by atoms with E-state index in [1.807, 2.05) is 24.3 Å². The Morgan fingerprint density at radius 2 is 1.81 bits per heavy atom. The van der Waals surface area contributed by atoms with Gasteiger partial charge in [-0.1, -0.05) is 41.4 Å². The molecule has 3 rings (SSSR count). The molecule has 0 bridgehead atoms. The molecule has 3 nitrogen and oxygen atoms in total. The third kappa shape index (κ3) is 4.97. The molecule has 26 heavy (non-hydrogen) atoms. The van der Waals surface area contributed by atoms with Gasteiger partial charge in [0.1, 0.15) is 5.82 Å². The minimum absolute atomic E-state index is 0.00496. The number of amides is 1. The maximum atomic E-state index is 13.9. The molecule has 0 saturated carbocycles. The van der Waals surface area contributed by atoms with E-state index in [0.717, 1.165) is 31.5 Å². The van der Waals surface area contributed by atoms with Gasteiger partial charge in [-0.15, -0.1) is 0 Å². The van der Waals surface area contributed by atoms with E-state index < -0.39 is 0 Å². The van der Waals surface area contributed by atoms with Gasteiger partial charge in [0.2, 0.25) is 5.91 Å². The molecule has 0 atom stereocenters. The molecular weight excluding hydrogens is 374 g/mol. The predicted molar refractivity (Wildman–Crippen MR) is 103 cm³/mol. The van der Waals surface area contributed by atoms with Crippen molar-refractivity contribution < 1.29 is 9.18 Å². The Labute approximate surface area is 163 Å². The first-order valence-electron chi connectivity index (χ1n) is 8.70. The van der Waals surface area contributed by atoms with Gasteiger partial charge in [0.25, 0.3) is 0 Å². The minimum Gasteiger partial charge on any atom is -0.352 e. The summed E-state index contributed by atoms with van der Waals surface area (Å²) in [5.41, 5.74) is 1.55. The molecule has 1 aliphatic heterocycles. The Morgan fingerprint density at radius 3 is 2.46 bits per heavy atom. The molecule has 0 aliphatic carbocycles. The first-order chi connectivity index (χ1) is 12.5. The Kier molecular flexibility index (Phi) is 6.52. The number of carbonyl (C=O) groups is 1. The molecule has 1 N–H and O–H groups in total. The molecule has 1 amide bonds. The average Bonchev–Trinajstić information content (AvgIpc) is 2.65. The summed E-state index contributed by atoms with van der Waals surface area (Å²) in [6.07, 6.45) is 1.52. The largest absolute Gasteiger partial charge is 0.352 e. The molecule has 1 fully saturated rings. The smallest absolute Gasteiger partial charge is 0.223 e. The zero-order valence-electron chi connectivity index (χ0n) is 14.4. The Morgan fingerprint density at radius 1 is 1.12 bits per heavy atom. The van der Waals surface area contributed by atoms with Crippen molar-refractivity contribution in [3.63, 3.8) is 0 Å². The summed E-state index contributed by atoms with van der Waals surface area (Å²) in [7, 11) is 0. The fourth-order valence-corrected chi connectivity index (χ4v) is 3.54. The van der Waals surface area contributed by atoms with Gasteiger partial charge < -0.3 is 5.32 Å². The van der Waals surface area contributed by atoms with E-state index in [1.165, 1.54) is 6.07 Å². The molecule has 0 unspecified atom stereocenters. The van der Waals surface area contributed by atoms with E-state index >= 15 is 0 Å². The molecule has 0 radical (unpaired) electrons. The molecule has 2 aromatic carbocycles. The van der Waals surface area contributed by atoms with Crippen molar-refractivity contribution in [3.05, 3.63) is 69.5 Å². The molecule has 1 heterocycles. The molecule has 0 spiro atoms. The van der Waals surface area contributed by atoms with E-state index in [0.29, 0.717) is 28.7 Å². The van der Waals surface area contributed by atoms with Crippen LogP contribution in [0.3, 0.4) is 0 Å². The van der Waals surface area contributed by atoms with Gasteiger partial charge in [0.15, 0.2) is 0 Å². The second-order valence-electron chi connectivity index (χ2n) is 6.59. The fraction of sp³-hybridized carbons (Fsp3) is 0.350. The number of rotatable bonds is 5. The fourth-order valence-electron chi connectivity index (χ4n) is 3.20. The Bertz CT molecular complexity index is 739. The summed E-state index contributed by atoms with van der Waals surface area (Å²) in [6, 6.07) is 12.2. The van der Waals surface area contributed by atoms with E-state index in [1.54, 1.807) is 12.1 Å². The monoisotopic (exact) mass is 394 g/mol. The maximum absolute atomic E-state index is 13.9. The van der Waals surface area contributed by atoms with Crippen LogP contribution < -0.4 is 5.32 Å². The van der Waals surface area contributed by atoms with E-state index in [4.69, 9.17) is 23.2 Å². The third-order valence-electron chi connectivity index (χ3n) is 4.78.